The van der Waals surface area contributed by atoms with Gasteiger partial charge in [0.1, 0.15) is 5.56 Å². The minimum Gasteiger partial charge on any atom is -0.493 e. The molecule has 2 N–H and O–H groups in total. The molecule has 2 heterocycles. The van der Waals surface area contributed by atoms with Crippen LogP contribution in [0, 0.1) is 6.92 Å². The molecule has 0 atom stereocenters. The summed E-state index contributed by atoms with van der Waals surface area (Å²) in [4.78, 5) is 34.6. The van der Waals surface area contributed by atoms with Crippen molar-refractivity contribution >= 4 is 43.9 Å². The second-order valence-corrected chi connectivity index (χ2v) is 7.15. The minimum absolute atomic E-state index is 0.151. The molecule has 0 saturated heterocycles. The fourth-order valence-electron chi connectivity index (χ4n) is 2.22. The van der Waals surface area contributed by atoms with Crippen LogP contribution in [0.25, 0.3) is 5.69 Å². The number of hydrogen-bond donors (Lipinski definition) is 2. The van der Waals surface area contributed by atoms with E-state index in [0.717, 1.165) is 14.6 Å². The number of aryl methyl sites for hydroxylation is 1. The molecule has 26 heavy (non-hydrogen) atoms. The van der Waals surface area contributed by atoms with E-state index in [2.05, 4.69) is 46.8 Å². The zero-order chi connectivity index (χ0) is 18.8. The van der Waals surface area contributed by atoms with Gasteiger partial charge in [-0.3, -0.25) is 9.78 Å². The monoisotopic (exact) mass is 478 g/mol. The number of benzene rings is 1. The van der Waals surface area contributed by atoms with Crippen LogP contribution in [0.4, 0.5) is 5.82 Å². The highest BCUT2D eigenvalue weighted by molar-refractivity contribution is 9.11. The molecule has 0 aliphatic carbocycles. The van der Waals surface area contributed by atoms with Gasteiger partial charge in [-0.15, -0.1) is 0 Å². The van der Waals surface area contributed by atoms with E-state index < -0.39 is 17.1 Å². The number of aromatic amines is 1. The van der Waals surface area contributed by atoms with Crippen LogP contribution in [-0.2, 0) is 0 Å². The van der Waals surface area contributed by atoms with E-state index in [9.17, 15) is 14.7 Å². The van der Waals surface area contributed by atoms with Gasteiger partial charge >= 0.3 is 5.69 Å². The average Bonchev–Trinajstić information content (AvgIpc) is 2.57. The van der Waals surface area contributed by atoms with Gasteiger partial charge in [-0.2, -0.15) is 0 Å². The largest absolute Gasteiger partial charge is 0.493 e. The number of aliphatic imine (C=N–C) groups is 1. The van der Waals surface area contributed by atoms with E-state index in [0.29, 0.717) is 16.0 Å². The van der Waals surface area contributed by atoms with Crippen LogP contribution in [0.1, 0.15) is 11.1 Å². The number of nitrogens with one attached hydrogen (secondary N) is 1. The summed E-state index contributed by atoms with van der Waals surface area (Å²) in [5.74, 6) is -0.181. The Balaban J connectivity index is 2.12. The van der Waals surface area contributed by atoms with Crippen LogP contribution in [-0.4, -0.2) is 25.9 Å². The first-order valence-electron chi connectivity index (χ1n) is 7.37. The first kappa shape index (κ1) is 18.3. The second-order valence-electron chi connectivity index (χ2n) is 5.38. The first-order valence-corrected chi connectivity index (χ1v) is 8.96. The predicted molar refractivity (Wildman–Crippen MR) is 106 cm³/mol. The summed E-state index contributed by atoms with van der Waals surface area (Å²) in [7, 11) is 0. The molecule has 0 bridgehead atoms. The maximum absolute atomic E-state index is 12.1. The summed E-state index contributed by atoms with van der Waals surface area (Å²) < 4.78 is 2.37. The predicted octanol–water partition coefficient (Wildman–Crippen LogP) is 3.21. The maximum Gasteiger partial charge on any atom is 0.335 e. The number of pyridine rings is 1. The average molecular weight is 480 g/mol. The summed E-state index contributed by atoms with van der Waals surface area (Å²) in [5.41, 5.74) is -0.211. The Hall–Kier alpha value is -2.52. The highest BCUT2D eigenvalue weighted by atomic mass is 79.9. The molecule has 0 aliphatic rings. The Bertz CT molecular complexity index is 1120. The number of rotatable bonds is 3. The molecule has 0 spiro atoms. The Morgan fingerprint density at radius 2 is 1.92 bits per heavy atom. The molecular formula is C17H12Br2N4O3. The normalized spacial score (nSPS) is 11.2. The van der Waals surface area contributed by atoms with Crippen molar-refractivity contribution in [3.05, 3.63) is 77.4 Å². The molecule has 7 nitrogen and oxygen atoms in total. The summed E-state index contributed by atoms with van der Waals surface area (Å²) in [6, 6.07) is 8.67. The maximum atomic E-state index is 12.1. The summed E-state index contributed by atoms with van der Waals surface area (Å²) in [6.45, 7) is 1.90. The molecule has 9 heteroatoms. The minimum atomic E-state index is -0.743. The number of halogens is 2. The highest BCUT2D eigenvalue weighted by Crippen LogP contribution is 2.26. The molecule has 0 unspecified atom stereocenters. The molecule has 0 aliphatic heterocycles. The quantitative estimate of drug-likeness (QED) is 0.563. The van der Waals surface area contributed by atoms with Crippen LogP contribution in [0.3, 0.4) is 0 Å². The molecule has 2 aromatic heterocycles. The van der Waals surface area contributed by atoms with Gasteiger partial charge in [0.25, 0.3) is 5.56 Å². The zero-order valence-corrected chi connectivity index (χ0v) is 16.6. The van der Waals surface area contributed by atoms with Crippen molar-refractivity contribution in [3.63, 3.8) is 0 Å². The Kier molecular flexibility index (Phi) is 5.19. The number of nitrogens with zero attached hydrogens (tertiary/aromatic N) is 3. The molecule has 0 saturated carbocycles. The van der Waals surface area contributed by atoms with Gasteiger partial charge in [0, 0.05) is 16.9 Å². The number of aromatic hydroxyl groups is 1. The topological polar surface area (TPSA) is 100 Å². The van der Waals surface area contributed by atoms with E-state index in [4.69, 9.17) is 0 Å². The fourth-order valence-corrected chi connectivity index (χ4v) is 3.31. The van der Waals surface area contributed by atoms with Crippen molar-refractivity contribution in [2.45, 2.75) is 6.92 Å². The standard InChI is InChI=1S/C17H12Br2N4O3/c1-9-2-4-11(5-3-9)23-16(25)12(15(24)22-17(23)26)8-21-14-13(19)6-10(18)7-20-14/h2-8,25H,1H3,(H,22,24,26)/b21-8+. The Morgan fingerprint density at radius 3 is 2.58 bits per heavy atom. The lowest BCUT2D eigenvalue weighted by Crippen LogP contribution is -2.31. The van der Waals surface area contributed by atoms with Gasteiger partial charge in [0.15, 0.2) is 5.82 Å². The van der Waals surface area contributed by atoms with Gasteiger partial charge in [0.2, 0.25) is 5.88 Å². The molecule has 0 radical (unpaired) electrons. The number of aromatic nitrogens is 3. The summed E-state index contributed by atoms with van der Waals surface area (Å²) >= 11 is 6.60. The van der Waals surface area contributed by atoms with Crippen LogP contribution >= 0.6 is 31.9 Å². The van der Waals surface area contributed by atoms with E-state index in [1.165, 1.54) is 6.21 Å². The van der Waals surface area contributed by atoms with Crippen molar-refractivity contribution < 1.29 is 5.11 Å². The van der Waals surface area contributed by atoms with Crippen molar-refractivity contribution in [2.24, 2.45) is 4.99 Å². The first-order chi connectivity index (χ1) is 12.4. The third kappa shape index (κ3) is 3.68. The lowest BCUT2D eigenvalue weighted by atomic mass is 10.2. The molecule has 3 rings (SSSR count). The number of hydrogen-bond acceptors (Lipinski definition) is 5. The van der Waals surface area contributed by atoms with Crippen molar-refractivity contribution in [1.82, 2.24) is 14.5 Å². The third-order valence-corrected chi connectivity index (χ3v) is 4.53. The SMILES string of the molecule is Cc1ccc(-n2c(O)c(/C=N/c3ncc(Br)cc3Br)c(=O)[nH]c2=O)cc1. The summed E-state index contributed by atoms with van der Waals surface area (Å²) in [5, 5.41) is 10.5. The van der Waals surface area contributed by atoms with Crippen molar-refractivity contribution in [3.8, 4) is 11.6 Å². The Labute approximate surface area is 164 Å². The van der Waals surface area contributed by atoms with E-state index in [1.54, 1.807) is 36.5 Å². The van der Waals surface area contributed by atoms with Crippen molar-refractivity contribution in [1.29, 1.82) is 0 Å². The van der Waals surface area contributed by atoms with Crippen LogP contribution < -0.4 is 11.2 Å². The molecule has 1 aromatic carbocycles. The van der Waals surface area contributed by atoms with Crippen LogP contribution in [0.5, 0.6) is 5.88 Å². The molecule has 0 amide bonds. The molecule has 0 fully saturated rings. The zero-order valence-electron chi connectivity index (χ0n) is 13.4. The van der Waals surface area contributed by atoms with Crippen LogP contribution in [0.15, 0.2) is 60.1 Å². The van der Waals surface area contributed by atoms with Crippen LogP contribution in [0.2, 0.25) is 0 Å². The second kappa shape index (κ2) is 7.38. The van der Waals surface area contributed by atoms with E-state index in [1.807, 2.05) is 6.92 Å². The van der Waals surface area contributed by atoms with E-state index >= 15 is 0 Å². The third-order valence-electron chi connectivity index (χ3n) is 3.52. The van der Waals surface area contributed by atoms with Gasteiger partial charge in [0.05, 0.1) is 10.2 Å². The van der Waals surface area contributed by atoms with Gasteiger partial charge in [-0.25, -0.2) is 19.3 Å². The van der Waals surface area contributed by atoms with Crippen molar-refractivity contribution in [2.75, 3.05) is 0 Å². The smallest absolute Gasteiger partial charge is 0.335 e. The Morgan fingerprint density at radius 1 is 1.23 bits per heavy atom. The van der Waals surface area contributed by atoms with Gasteiger partial charge in [-0.05, 0) is 57.0 Å². The van der Waals surface area contributed by atoms with Gasteiger partial charge in [-0.1, -0.05) is 17.7 Å². The van der Waals surface area contributed by atoms with E-state index in [-0.39, 0.29) is 5.56 Å². The molecule has 132 valence electrons. The highest BCUT2D eigenvalue weighted by Gasteiger charge is 2.14. The lowest BCUT2D eigenvalue weighted by Gasteiger charge is -2.09. The number of H-pyrrole nitrogens is 1. The summed E-state index contributed by atoms with van der Waals surface area (Å²) in [6.07, 6.45) is 2.72. The molecule has 3 aromatic rings. The fraction of sp³-hybridized carbons (Fsp3) is 0.0588. The van der Waals surface area contributed by atoms with Gasteiger partial charge < -0.3 is 5.11 Å². The lowest BCUT2D eigenvalue weighted by molar-refractivity contribution is 0.430. The molecular weight excluding hydrogens is 468 g/mol.